The van der Waals surface area contributed by atoms with Gasteiger partial charge in [-0.2, -0.15) is 0 Å². The summed E-state index contributed by atoms with van der Waals surface area (Å²) in [6, 6.07) is 5.10. The van der Waals surface area contributed by atoms with Crippen molar-refractivity contribution in [2.24, 2.45) is 0 Å². The Morgan fingerprint density at radius 1 is 1.22 bits per heavy atom. The van der Waals surface area contributed by atoms with E-state index in [1.54, 1.807) is 12.1 Å². The molecular formula is C16H17N3O4. The maximum Gasteiger partial charge on any atom is 0.319 e. The molecule has 1 fully saturated rings. The average molecular weight is 315 g/mol. The molecule has 0 unspecified atom stereocenters. The van der Waals surface area contributed by atoms with Gasteiger partial charge in [0.2, 0.25) is 0 Å². The Kier molecular flexibility index (Phi) is 3.33. The topological polar surface area (TPSA) is 85.6 Å². The number of oxazole rings is 1. The van der Waals surface area contributed by atoms with Crippen LogP contribution in [-0.4, -0.2) is 16.8 Å². The molecule has 1 aromatic carbocycles. The molecule has 120 valence electrons. The average Bonchev–Trinajstić information content (AvgIpc) is 3.26. The van der Waals surface area contributed by atoms with Crippen LogP contribution in [0.15, 0.2) is 35.3 Å². The number of anilines is 1. The van der Waals surface area contributed by atoms with Gasteiger partial charge in [0.1, 0.15) is 6.26 Å². The molecule has 1 spiro atoms. The van der Waals surface area contributed by atoms with Crippen molar-refractivity contribution < 1.29 is 18.7 Å². The van der Waals surface area contributed by atoms with Crippen LogP contribution in [0.2, 0.25) is 0 Å². The number of fused-ring (bicyclic) bond motifs is 1. The largest absolute Gasteiger partial charge is 0.451 e. The predicted octanol–water partition coefficient (Wildman–Crippen LogP) is 3.04. The predicted molar refractivity (Wildman–Crippen MR) is 81.3 cm³/mol. The van der Waals surface area contributed by atoms with Crippen LogP contribution in [0.3, 0.4) is 0 Å². The van der Waals surface area contributed by atoms with Crippen molar-refractivity contribution >= 4 is 11.7 Å². The van der Waals surface area contributed by atoms with Gasteiger partial charge in [-0.25, -0.2) is 9.78 Å². The van der Waals surface area contributed by atoms with E-state index in [1.807, 2.05) is 6.07 Å². The molecule has 2 aromatic rings. The lowest BCUT2D eigenvalue weighted by atomic mass is 10.2. The molecule has 23 heavy (non-hydrogen) atoms. The van der Waals surface area contributed by atoms with Crippen molar-refractivity contribution in [1.29, 1.82) is 0 Å². The molecule has 0 saturated heterocycles. The van der Waals surface area contributed by atoms with Crippen molar-refractivity contribution in [2.75, 3.05) is 5.32 Å². The summed E-state index contributed by atoms with van der Waals surface area (Å²) < 4.78 is 16.8. The summed E-state index contributed by atoms with van der Waals surface area (Å²) in [4.78, 5) is 15.8. The fourth-order valence-electron chi connectivity index (χ4n) is 2.96. The number of nitrogens with zero attached hydrogens (tertiary/aromatic N) is 1. The first-order valence-corrected chi connectivity index (χ1v) is 7.66. The van der Waals surface area contributed by atoms with E-state index in [4.69, 9.17) is 13.9 Å². The molecule has 0 atom stereocenters. The molecular weight excluding hydrogens is 298 g/mol. The zero-order valence-corrected chi connectivity index (χ0v) is 12.5. The molecule has 1 aliphatic carbocycles. The van der Waals surface area contributed by atoms with Gasteiger partial charge < -0.3 is 24.5 Å². The lowest BCUT2D eigenvalue weighted by molar-refractivity contribution is -0.0716. The van der Waals surface area contributed by atoms with E-state index in [-0.39, 0.29) is 6.03 Å². The number of nitrogens with one attached hydrogen (secondary N) is 2. The Bertz CT molecular complexity index is 708. The van der Waals surface area contributed by atoms with E-state index in [0.717, 1.165) is 31.4 Å². The summed E-state index contributed by atoms with van der Waals surface area (Å²) in [5.41, 5.74) is 1.31. The minimum absolute atomic E-state index is 0.302. The summed E-state index contributed by atoms with van der Waals surface area (Å²) in [6.45, 7) is 0.302. The van der Waals surface area contributed by atoms with Crippen LogP contribution in [0, 0.1) is 0 Å². The van der Waals surface area contributed by atoms with Crippen LogP contribution >= 0.6 is 0 Å². The number of ether oxygens (including phenoxy) is 2. The molecule has 7 nitrogen and oxygen atoms in total. The summed E-state index contributed by atoms with van der Waals surface area (Å²) in [5, 5.41) is 5.47. The maximum atomic E-state index is 11.9. The number of hydrogen-bond donors (Lipinski definition) is 2. The first-order chi connectivity index (χ1) is 11.2. The molecule has 1 aliphatic heterocycles. The lowest BCUT2D eigenvalue weighted by Gasteiger charge is -2.21. The van der Waals surface area contributed by atoms with Gasteiger partial charge in [-0.05, 0) is 25.0 Å². The third kappa shape index (κ3) is 2.81. The minimum atomic E-state index is -0.490. The highest BCUT2D eigenvalue weighted by molar-refractivity contribution is 5.89. The van der Waals surface area contributed by atoms with Crippen LogP contribution in [0.5, 0.6) is 11.5 Å². The van der Waals surface area contributed by atoms with E-state index < -0.39 is 5.79 Å². The number of amides is 2. The van der Waals surface area contributed by atoms with Crippen molar-refractivity contribution in [3.8, 4) is 11.5 Å². The summed E-state index contributed by atoms with van der Waals surface area (Å²) in [5.74, 6) is 0.928. The Morgan fingerprint density at radius 2 is 2.04 bits per heavy atom. The van der Waals surface area contributed by atoms with E-state index >= 15 is 0 Å². The van der Waals surface area contributed by atoms with Crippen molar-refractivity contribution in [3.05, 3.63) is 36.5 Å². The highest BCUT2D eigenvalue weighted by atomic mass is 16.7. The number of carbonyl (C=O) groups is 1. The number of aromatic nitrogens is 1. The molecule has 4 rings (SSSR count). The zero-order valence-electron chi connectivity index (χ0n) is 12.5. The Hall–Kier alpha value is -2.70. The quantitative estimate of drug-likeness (QED) is 0.909. The van der Waals surface area contributed by atoms with E-state index in [1.165, 1.54) is 12.7 Å². The highest BCUT2D eigenvalue weighted by Gasteiger charge is 2.44. The molecule has 2 amide bonds. The van der Waals surface area contributed by atoms with E-state index in [2.05, 4.69) is 15.6 Å². The Labute approximate surface area is 133 Å². The van der Waals surface area contributed by atoms with E-state index in [0.29, 0.717) is 23.7 Å². The molecule has 2 N–H and O–H groups in total. The van der Waals surface area contributed by atoms with Gasteiger partial charge in [0.15, 0.2) is 17.9 Å². The minimum Gasteiger partial charge on any atom is -0.451 e. The maximum absolute atomic E-state index is 11.9. The van der Waals surface area contributed by atoms with Crippen LogP contribution in [0.1, 0.15) is 31.4 Å². The number of rotatable bonds is 3. The van der Waals surface area contributed by atoms with Gasteiger partial charge in [0, 0.05) is 24.6 Å². The molecule has 1 saturated carbocycles. The SMILES string of the molecule is O=C(NCc1cocn1)Nc1ccc2c(c1)OC1(CCCC1)O2. The summed E-state index contributed by atoms with van der Waals surface area (Å²) >= 11 is 0. The number of benzene rings is 1. The summed E-state index contributed by atoms with van der Waals surface area (Å²) in [6.07, 6.45) is 6.85. The zero-order chi connectivity index (χ0) is 15.7. The molecule has 0 bridgehead atoms. The second-order valence-electron chi connectivity index (χ2n) is 5.77. The van der Waals surface area contributed by atoms with Crippen molar-refractivity contribution in [3.63, 3.8) is 0 Å². The van der Waals surface area contributed by atoms with Crippen LogP contribution in [0.25, 0.3) is 0 Å². The van der Waals surface area contributed by atoms with Gasteiger partial charge in [0.05, 0.1) is 12.2 Å². The first-order valence-electron chi connectivity index (χ1n) is 7.66. The fraction of sp³-hybridized carbons (Fsp3) is 0.375. The molecule has 2 aliphatic rings. The van der Waals surface area contributed by atoms with Crippen LogP contribution < -0.4 is 20.1 Å². The van der Waals surface area contributed by atoms with Gasteiger partial charge in [-0.15, -0.1) is 0 Å². The monoisotopic (exact) mass is 315 g/mol. The molecule has 1 aromatic heterocycles. The molecule has 7 heteroatoms. The third-order valence-corrected chi connectivity index (χ3v) is 4.07. The number of hydrogen-bond acceptors (Lipinski definition) is 5. The van der Waals surface area contributed by atoms with E-state index in [9.17, 15) is 4.79 Å². The first kappa shape index (κ1) is 13.9. The van der Waals surface area contributed by atoms with Gasteiger partial charge in [-0.1, -0.05) is 0 Å². The van der Waals surface area contributed by atoms with Gasteiger partial charge in [0.25, 0.3) is 5.79 Å². The number of urea groups is 1. The molecule has 2 heterocycles. The molecule has 0 radical (unpaired) electrons. The van der Waals surface area contributed by atoms with Crippen molar-refractivity contribution in [1.82, 2.24) is 10.3 Å². The van der Waals surface area contributed by atoms with Crippen molar-refractivity contribution in [2.45, 2.75) is 38.0 Å². The standard InChI is InChI=1S/C16H17N3O4/c20-15(17-8-12-9-21-10-18-12)19-11-3-4-13-14(7-11)23-16(22-13)5-1-2-6-16/h3-4,7,9-10H,1-2,5-6,8H2,(H2,17,19,20). The van der Waals surface area contributed by atoms with Gasteiger partial charge in [-0.3, -0.25) is 0 Å². The highest BCUT2D eigenvalue weighted by Crippen LogP contribution is 2.47. The second kappa shape index (κ2) is 5.49. The Balaban J connectivity index is 1.38. The smallest absolute Gasteiger partial charge is 0.319 e. The van der Waals surface area contributed by atoms with Gasteiger partial charge >= 0.3 is 6.03 Å². The van der Waals surface area contributed by atoms with Crippen LogP contribution in [-0.2, 0) is 6.54 Å². The normalized spacial score (nSPS) is 17.4. The second-order valence-corrected chi connectivity index (χ2v) is 5.77. The van der Waals surface area contributed by atoms with Crippen LogP contribution in [0.4, 0.5) is 10.5 Å². The third-order valence-electron chi connectivity index (χ3n) is 4.07. The lowest BCUT2D eigenvalue weighted by Crippen LogP contribution is -2.34. The summed E-state index contributed by atoms with van der Waals surface area (Å²) in [7, 11) is 0. The fourth-order valence-corrected chi connectivity index (χ4v) is 2.96. The Morgan fingerprint density at radius 3 is 2.83 bits per heavy atom. The number of carbonyl (C=O) groups excluding carboxylic acids is 1.